The summed E-state index contributed by atoms with van der Waals surface area (Å²) in [5, 5.41) is 0. The summed E-state index contributed by atoms with van der Waals surface area (Å²) in [7, 11) is 3.35. The molecule has 0 aliphatic carbocycles. The van der Waals surface area contributed by atoms with Gasteiger partial charge in [0.1, 0.15) is 11.9 Å². The normalized spacial score (nSPS) is 14.3. The van der Waals surface area contributed by atoms with Crippen molar-refractivity contribution in [2.75, 3.05) is 14.2 Å². The summed E-state index contributed by atoms with van der Waals surface area (Å²) in [6, 6.07) is 7.85. The third-order valence-electron chi connectivity index (χ3n) is 5.05. The van der Waals surface area contributed by atoms with E-state index in [4.69, 9.17) is 19.9 Å². The van der Waals surface area contributed by atoms with Crippen LogP contribution in [0.1, 0.15) is 51.5 Å². The number of methoxy groups -OCH3 is 2. The Labute approximate surface area is 181 Å². The summed E-state index contributed by atoms with van der Waals surface area (Å²) in [6.45, 7) is 8.07. The SMILES string of the molecule is C=CCCCC=C(C)[C@H](OCc1ccc(OC)cc1)[C@H](CCC=C(C)C(N)=O)OC. The molecule has 0 spiro atoms. The Morgan fingerprint density at radius 2 is 1.80 bits per heavy atom. The van der Waals surface area contributed by atoms with Gasteiger partial charge in [-0.05, 0) is 69.2 Å². The first-order chi connectivity index (χ1) is 14.4. The number of hydrogen-bond acceptors (Lipinski definition) is 4. The maximum absolute atomic E-state index is 11.2. The average molecular weight is 416 g/mol. The van der Waals surface area contributed by atoms with Gasteiger partial charge in [0.25, 0.3) is 0 Å². The number of rotatable bonds is 15. The van der Waals surface area contributed by atoms with Crippen LogP contribution in [0.3, 0.4) is 0 Å². The Hall–Kier alpha value is -2.37. The molecule has 0 saturated carbocycles. The number of allylic oxidation sites excluding steroid dienone is 3. The van der Waals surface area contributed by atoms with Crippen molar-refractivity contribution in [3.8, 4) is 5.75 Å². The van der Waals surface area contributed by atoms with Crippen molar-refractivity contribution < 1.29 is 19.0 Å². The summed E-state index contributed by atoms with van der Waals surface area (Å²) in [5.41, 5.74) is 8.10. The topological polar surface area (TPSA) is 70.8 Å². The molecule has 166 valence electrons. The maximum atomic E-state index is 11.2. The first-order valence-electron chi connectivity index (χ1n) is 10.4. The molecular weight excluding hydrogens is 378 g/mol. The molecule has 0 aliphatic rings. The number of amides is 1. The molecule has 5 heteroatoms. The smallest absolute Gasteiger partial charge is 0.244 e. The standard InChI is InChI=1S/C25H37NO4/c1-6-7-8-9-11-19(2)24(23(29-5)13-10-12-20(3)25(26)27)30-18-21-14-16-22(28-4)17-15-21/h6,11-12,14-17,23-24H,1,7-10,13,18H2,2-5H3,(H2,26,27)/t23-,24-/m0/s1. The Balaban J connectivity index is 2.88. The molecule has 0 fully saturated rings. The molecule has 2 N–H and O–H groups in total. The first kappa shape index (κ1) is 25.7. The number of carbonyl (C=O) groups excluding carboxylic acids is 1. The summed E-state index contributed by atoms with van der Waals surface area (Å²) in [4.78, 5) is 11.2. The Morgan fingerprint density at radius 1 is 1.10 bits per heavy atom. The molecule has 0 saturated heterocycles. The van der Waals surface area contributed by atoms with Crippen molar-refractivity contribution in [2.24, 2.45) is 5.73 Å². The van der Waals surface area contributed by atoms with Crippen LogP contribution in [0, 0.1) is 0 Å². The minimum atomic E-state index is -0.394. The summed E-state index contributed by atoms with van der Waals surface area (Å²) < 4.78 is 17.3. The van der Waals surface area contributed by atoms with Crippen LogP contribution in [-0.4, -0.2) is 32.3 Å². The van der Waals surface area contributed by atoms with Gasteiger partial charge in [-0.1, -0.05) is 30.4 Å². The van der Waals surface area contributed by atoms with E-state index in [1.54, 1.807) is 21.1 Å². The third kappa shape index (κ3) is 9.42. The van der Waals surface area contributed by atoms with Gasteiger partial charge < -0.3 is 19.9 Å². The molecular formula is C25H37NO4. The molecule has 2 atom stereocenters. The van der Waals surface area contributed by atoms with Crippen LogP contribution in [0.15, 0.2) is 60.2 Å². The lowest BCUT2D eigenvalue weighted by Crippen LogP contribution is -2.32. The van der Waals surface area contributed by atoms with Crippen LogP contribution in [0.5, 0.6) is 5.75 Å². The highest BCUT2D eigenvalue weighted by Crippen LogP contribution is 2.22. The van der Waals surface area contributed by atoms with E-state index >= 15 is 0 Å². The van der Waals surface area contributed by atoms with E-state index in [0.29, 0.717) is 18.6 Å². The number of carbonyl (C=O) groups is 1. The lowest BCUT2D eigenvalue weighted by Gasteiger charge is -2.27. The molecule has 5 nitrogen and oxygen atoms in total. The van der Waals surface area contributed by atoms with Gasteiger partial charge in [0.2, 0.25) is 5.91 Å². The van der Waals surface area contributed by atoms with Crippen molar-refractivity contribution in [2.45, 2.75) is 64.8 Å². The average Bonchev–Trinajstić information content (AvgIpc) is 2.75. The fourth-order valence-corrected chi connectivity index (χ4v) is 3.11. The molecule has 0 radical (unpaired) electrons. The second-order valence-electron chi connectivity index (χ2n) is 7.35. The Morgan fingerprint density at radius 3 is 2.37 bits per heavy atom. The summed E-state index contributed by atoms with van der Waals surface area (Å²) in [5.74, 6) is 0.425. The summed E-state index contributed by atoms with van der Waals surface area (Å²) >= 11 is 0. The van der Waals surface area contributed by atoms with Crippen molar-refractivity contribution in [1.82, 2.24) is 0 Å². The van der Waals surface area contributed by atoms with Crippen LogP contribution in [0.2, 0.25) is 0 Å². The monoisotopic (exact) mass is 415 g/mol. The molecule has 0 bridgehead atoms. The van der Waals surface area contributed by atoms with E-state index < -0.39 is 5.91 Å². The number of ether oxygens (including phenoxy) is 3. The van der Waals surface area contributed by atoms with E-state index in [-0.39, 0.29) is 12.2 Å². The predicted molar refractivity (Wildman–Crippen MR) is 122 cm³/mol. The molecule has 0 heterocycles. The Bertz CT molecular complexity index is 706. The van der Waals surface area contributed by atoms with E-state index in [1.165, 1.54) is 0 Å². The largest absolute Gasteiger partial charge is 0.497 e. The second kappa shape index (κ2) is 14.6. The van der Waals surface area contributed by atoms with E-state index in [1.807, 2.05) is 36.4 Å². The van der Waals surface area contributed by atoms with Gasteiger partial charge in [-0.3, -0.25) is 4.79 Å². The molecule has 1 aromatic carbocycles. The maximum Gasteiger partial charge on any atom is 0.244 e. The highest BCUT2D eigenvalue weighted by atomic mass is 16.5. The van der Waals surface area contributed by atoms with Gasteiger partial charge in [0.05, 0.1) is 19.8 Å². The lowest BCUT2D eigenvalue weighted by molar-refractivity contribution is -0.114. The third-order valence-corrected chi connectivity index (χ3v) is 5.05. The number of nitrogens with two attached hydrogens (primary N) is 1. The van der Waals surface area contributed by atoms with Crippen LogP contribution < -0.4 is 10.5 Å². The van der Waals surface area contributed by atoms with Crippen LogP contribution in [0.25, 0.3) is 0 Å². The van der Waals surface area contributed by atoms with Gasteiger partial charge in [0.15, 0.2) is 0 Å². The number of unbranched alkanes of at least 4 members (excludes halogenated alkanes) is 2. The molecule has 1 rings (SSSR count). The van der Waals surface area contributed by atoms with Gasteiger partial charge in [-0.15, -0.1) is 6.58 Å². The predicted octanol–water partition coefficient (Wildman–Crippen LogP) is 5.11. The van der Waals surface area contributed by atoms with Crippen LogP contribution in [0.4, 0.5) is 0 Å². The van der Waals surface area contributed by atoms with Crippen molar-refractivity contribution in [3.63, 3.8) is 0 Å². The van der Waals surface area contributed by atoms with Crippen LogP contribution >= 0.6 is 0 Å². The van der Waals surface area contributed by atoms with Crippen molar-refractivity contribution in [3.05, 3.63) is 65.8 Å². The molecule has 0 aromatic heterocycles. The Kier molecular flexibility index (Phi) is 12.5. The van der Waals surface area contributed by atoms with Crippen molar-refractivity contribution >= 4 is 5.91 Å². The highest BCUT2D eigenvalue weighted by molar-refractivity contribution is 5.91. The fraction of sp³-hybridized carbons (Fsp3) is 0.480. The van der Waals surface area contributed by atoms with Gasteiger partial charge in [-0.2, -0.15) is 0 Å². The van der Waals surface area contributed by atoms with E-state index in [2.05, 4.69) is 19.6 Å². The van der Waals surface area contributed by atoms with Crippen LogP contribution in [-0.2, 0) is 20.9 Å². The van der Waals surface area contributed by atoms with E-state index in [9.17, 15) is 4.79 Å². The fourth-order valence-electron chi connectivity index (χ4n) is 3.11. The van der Waals surface area contributed by atoms with E-state index in [0.717, 1.165) is 42.6 Å². The first-order valence-corrected chi connectivity index (χ1v) is 10.4. The molecule has 1 amide bonds. The molecule has 30 heavy (non-hydrogen) atoms. The number of benzene rings is 1. The van der Waals surface area contributed by atoms with Gasteiger partial charge in [-0.25, -0.2) is 0 Å². The van der Waals surface area contributed by atoms with Gasteiger partial charge >= 0.3 is 0 Å². The quantitative estimate of drug-likeness (QED) is 0.245. The molecule has 1 aromatic rings. The highest BCUT2D eigenvalue weighted by Gasteiger charge is 2.23. The minimum absolute atomic E-state index is 0.129. The zero-order valence-electron chi connectivity index (χ0n) is 18.9. The number of primary amides is 1. The molecule has 0 unspecified atom stereocenters. The minimum Gasteiger partial charge on any atom is -0.497 e. The second-order valence-corrected chi connectivity index (χ2v) is 7.35. The zero-order valence-corrected chi connectivity index (χ0v) is 18.9. The number of hydrogen-bond donors (Lipinski definition) is 1. The lowest BCUT2D eigenvalue weighted by atomic mass is 9.99. The zero-order chi connectivity index (χ0) is 22.4. The summed E-state index contributed by atoms with van der Waals surface area (Å²) in [6.07, 6.45) is 10.2. The van der Waals surface area contributed by atoms with Gasteiger partial charge in [0, 0.05) is 12.7 Å². The van der Waals surface area contributed by atoms with Crippen molar-refractivity contribution in [1.29, 1.82) is 0 Å². The molecule has 0 aliphatic heterocycles.